The summed E-state index contributed by atoms with van der Waals surface area (Å²) in [6.45, 7) is 21.5. The fourth-order valence-electron chi connectivity index (χ4n) is 4.71. The highest BCUT2D eigenvalue weighted by Gasteiger charge is 2.66. The molecule has 0 spiro atoms. The van der Waals surface area contributed by atoms with Gasteiger partial charge in [-0.25, -0.2) is 0 Å². The van der Waals surface area contributed by atoms with Crippen LogP contribution >= 0.6 is 11.1 Å². The molecule has 2 heteroatoms. The van der Waals surface area contributed by atoms with E-state index >= 15 is 0 Å². The van der Waals surface area contributed by atoms with Crippen molar-refractivity contribution >= 4 is 28.8 Å². The van der Waals surface area contributed by atoms with E-state index in [-0.39, 0.29) is 21.3 Å². The van der Waals surface area contributed by atoms with Gasteiger partial charge in [-0.2, -0.15) is 11.1 Å². The predicted molar refractivity (Wildman–Crippen MR) is 125 cm³/mol. The lowest BCUT2D eigenvalue weighted by Gasteiger charge is -2.64. The second kappa shape index (κ2) is 7.08. The van der Waals surface area contributed by atoms with Gasteiger partial charge in [-0.05, 0) is 31.7 Å². The molecule has 0 amide bonds. The molecule has 1 atom stereocenters. The van der Waals surface area contributed by atoms with E-state index in [1.54, 1.807) is 0 Å². The second-order valence-electron chi connectivity index (χ2n) is 10.6. The van der Waals surface area contributed by atoms with Gasteiger partial charge in [0.05, 0.1) is 0 Å². The summed E-state index contributed by atoms with van der Waals surface area (Å²) in [5.74, 6) is 0. The third-order valence-electron chi connectivity index (χ3n) is 7.66. The molecule has 0 fully saturated rings. The molecule has 2 aromatic carbocycles. The molecule has 0 saturated carbocycles. The predicted octanol–water partition coefficient (Wildman–Crippen LogP) is 6.86. The van der Waals surface area contributed by atoms with Crippen molar-refractivity contribution in [3.8, 4) is 0 Å². The average molecular weight is 401 g/mol. The number of benzene rings is 2. The normalized spacial score (nSPS) is 16.1. The first-order valence-electron chi connectivity index (χ1n) is 10.0. The van der Waals surface area contributed by atoms with Gasteiger partial charge in [-0.1, -0.05) is 123 Å². The minimum Gasteiger partial charge on any atom is -0.154 e. The third kappa shape index (κ3) is 3.32. The van der Waals surface area contributed by atoms with Crippen LogP contribution in [-0.4, -0.2) is 7.38 Å². The summed E-state index contributed by atoms with van der Waals surface area (Å²) < 4.78 is 0. The summed E-state index contributed by atoms with van der Waals surface area (Å²) >= 11 is 8.01. The van der Waals surface area contributed by atoms with Crippen molar-refractivity contribution in [3.63, 3.8) is 0 Å². The topological polar surface area (TPSA) is 0 Å². The number of hydrogen-bond acceptors (Lipinski definition) is 0. The molecule has 0 saturated heterocycles. The van der Waals surface area contributed by atoms with Crippen LogP contribution in [0.25, 0.3) is 0 Å². The molecule has 0 radical (unpaired) electrons. The summed E-state index contributed by atoms with van der Waals surface area (Å²) in [6.07, 6.45) is 0. The Labute approximate surface area is 173 Å². The van der Waals surface area contributed by atoms with E-state index in [0.717, 1.165) is 0 Å². The van der Waals surface area contributed by atoms with Crippen LogP contribution in [0.2, 0.25) is 5.04 Å². The third-order valence-corrected chi connectivity index (χ3v) is 15.1. The van der Waals surface area contributed by atoms with Crippen LogP contribution in [0.15, 0.2) is 60.7 Å². The lowest BCUT2D eigenvalue weighted by Crippen LogP contribution is -2.70. The molecule has 1 unspecified atom stereocenters. The minimum absolute atomic E-state index is 0.00208. The first kappa shape index (κ1) is 22.2. The molecule has 0 N–H and O–H groups in total. The molecular formula is C25H37ClSi. The molecule has 0 nitrogen and oxygen atoms in total. The molecule has 2 aromatic rings. The molecule has 0 heterocycles. The first-order chi connectivity index (χ1) is 12.2. The monoisotopic (exact) mass is 400 g/mol. The highest BCUT2D eigenvalue weighted by Crippen LogP contribution is 2.68. The zero-order chi connectivity index (χ0) is 20.7. The largest absolute Gasteiger partial charge is 0.224 e. The summed E-state index contributed by atoms with van der Waals surface area (Å²) in [5, 5.41) is 2.48. The standard InChI is InChI=1S/C25H37ClSi/c1-22(2,3)24(7,8)25(9,23(4,5)6)27(26,20-16-12-10-13-17-20)21-18-14-11-15-19-21/h10-19H,1-9H3. The Kier molecular flexibility index (Phi) is 5.83. The quantitative estimate of drug-likeness (QED) is 0.388. The minimum atomic E-state index is -2.66. The zero-order valence-electron chi connectivity index (χ0n) is 18.7. The molecule has 27 heavy (non-hydrogen) atoms. The van der Waals surface area contributed by atoms with E-state index in [9.17, 15) is 0 Å². The molecule has 0 aliphatic heterocycles. The Morgan fingerprint density at radius 3 is 1.15 bits per heavy atom. The van der Waals surface area contributed by atoms with Gasteiger partial charge in [0.15, 0.2) is 0 Å². The lowest BCUT2D eigenvalue weighted by atomic mass is 9.55. The van der Waals surface area contributed by atoms with Crippen molar-refractivity contribution in [1.29, 1.82) is 0 Å². The van der Waals surface area contributed by atoms with Crippen LogP contribution in [-0.2, 0) is 0 Å². The van der Waals surface area contributed by atoms with Crippen LogP contribution in [0, 0.1) is 16.2 Å². The molecule has 0 aliphatic rings. The average Bonchev–Trinajstić information content (AvgIpc) is 2.59. The number of hydrogen-bond donors (Lipinski definition) is 0. The molecule has 148 valence electrons. The van der Waals surface area contributed by atoms with Gasteiger partial charge in [0.1, 0.15) is 0 Å². The molecule has 0 aromatic heterocycles. The summed E-state index contributed by atoms with van der Waals surface area (Å²) in [4.78, 5) is 0. The molecular weight excluding hydrogens is 364 g/mol. The molecule has 2 rings (SSSR count). The number of halogens is 1. The fraction of sp³-hybridized carbons (Fsp3) is 0.520. The fourth-order valence-corrected chi connectivity index (χ4v) is 12.1. The van der Waals surface area contributed by atoms with E-state index in [4.69, 9.17) is 11.1 Å². The van der Waals surface area contributed by atoms with Gasteiger partial charge in [0.25, 0.3) is 0 Å². The summed E-state index contributed by atoms with van der Waals surface area (Å²) in [5.41, 5.74) is 0.118. The summed E-state index contributed by atoms with van der Waals surface area (Å²) in [6, 6.07) is 21.7. The van der Waals surface area contributed by atoms with Crippen LogP contribution in [0.1, 0.15) is 62.3 Å². The second-order valence-corrected chi connectivity index (χ2v) is 15.8. The van der Waals surface area contributed by atoms with Crippen molar-refractivity contribution in [1.82, 2.24) is 0 Å². The maximum absolute atomic E-state index is 8.01. The zero-order valence-corrected chi connectivity index (χ0v) is 20.4. The molecule has 0 bridgehead atoms. The maximum atomic E-state index is 8.01. The van der Waals surface area contributed by atoms with Gasteiger partial charge in [-0.15, -0.1) is 0 Å². The van der Waals surface area contributed by atoms with E-state index < -0.39 is 7.38 Å². The maximum Gasteiger partial charge on any atom is 0.224 e. The first-order valence-corrected chi connectivity index (χ1v) is 13.0. The Morgan fingerprint density at radius 1 is 0.556 bits per heavy atom. The van der Waals surface area contributed by atoms with E-state index in [0.29, 0.717) is 0 Å². The van der Waals surface area contributed by atoms with Crippen molar-refractivity contribution < 1.29 is 0 Å². The Morgan fingerprint density at radius 2 is 0.889 bits per heavy atom. The van der Waals surface area contributed by atoms with Crippen LogP contribution < -0.4 is 10.4 Å². The van der Waals surface area contributed by atoms with Crippen molar-refractivity contribution in [2.24, 2.45) is 16.2 Å². The lowest BCUT2D eigenvalue weighted by molar-refractivity contribution is 0.0139. The summed E-state index contributed by atoms with van der Waals surface area (Å²) in [7, 11) is -2.66. The SMILES string of the molecule is CC(C)(C)C(C)(C)C(C)(C(C)(C)C)[Si](Cl)(c1ccccc1)c1ccccc1. The van der Waals surface area contributed by atoms with Crippen LogP contribution in [0.5, 0.6) is 0 Å². The van der Waals surface area contributed by atoms with Gasteiger partial charge in [0, 0.05) is 0 Å². The van der Waals surface area contributed by atoms with Gasteiger partial charge in [0.2, 0.25) is 7.38 Å². The highest BCUT2D eigenvalue weighted by atomic mass is 35.6. The molecule has 0 aliphatic carbocycles. The Bertz CT molecular complexity index is 711. The van der Waals surface area contributed by atoms with Gasteiger partial charge < -0.3 is 0 Å². The van der Waals surface area contributed by atoms with Gasteiger partial charge in [-0.3, -0.25) is 0 Å². The van der Waals surface area contributed by atoms with E-state index in [1.807, 2.05) is 0 Å². The Hall–Kier alpha value is -1.05. The Balaban J connectivity index is 2.98. The van der Waals surface area contributed by atoms with Crippen molar-refractivity contribution in [2.45, 2.75) is 67.4 Å². The van der Waals surface area contributed by atoms with Gasteiger partial charge >= 0.3 is 0 Å². The van der Waals surface area contributed by atoms with Crippen molar-refractivity contribution in [3.05, 3.63) is 60.7 Å². The van der Waals surface area contributed by atoms with Crippen LogP contribution in [0.4, 0.5) is 0 Å². The van der Waals surface area contributed by atoms with Crippen molar-refractivity contribution in [2.75, 3.05) is 0 Å². The van der Waals surface area contributed by atoms with E-state index in [2.05, 4.69) is 123 Å². The highest BCUT2D eigenvalue weighted by molar-refractivity contribution is 7.35. The van der Waals surface area contributed by atoms with Crippen LogP contribution in [0.3, 0.4) is 0 Å². The number of rotatable bonds is 4. The smallest absolute Gasteiger partial charge is 0.154 e. The van der Waals surface area contributed by atoms with E-state index in [1.165, 1.54) is 10.4 Å².